The molecule has 0 aliphatic carbocycles. The van der Waals surface area contributed by atoms with Crippen LogP contribution in [0.5, 0.6) is 0 Å². The van der Waals surface area contributed by atoms with Gasteiger partial charge in [-0.05, 0) is 37.1 Å². The molecule has 1 aromatic carbocycles. The summed E-state index contributed by atoms with van der Waals surface area (Å²) in [5.41, 5.74) is 1.81. The van der Waals surface area contributed by atoms with Gasteiger partial charge in [-0.25, -0.2) is 15.0 Å². The fourth-order valence-electron chi connectivity index (χ4n) is 2.49. The van der Waals surface area contributed by atoms with Gasteiger partial charge in [-0.2, -0.15) is 0 Å². The van der Waals surface area contributed by atoms with Crippen molar-refractivity contribution in [2.24, 2.45) is 5.92 Å². The van der Waals surface area contributed by atoms with Gasteiger partial charge in [0.25, 0.3) is 0 Å². The van der Waals surface area contributed by atoms with Gasteiger partial charge in [-0.3, -0.25) is 0 Å². The lowest BCUT2D eigenvalue weighted by Crippen LogP contribution is -2.02. The second-order valence-electron chi connectivity index (χ2n) is 5.80. The van der Waals surface area contributed by atoms with E-state index < -0.39 is 0 Å². The van der Waals surface area contributed by atoms with Crippen molar-refractivity contribution in [2.75, 3.05) is 6.26 Å². The van der Waals surface area contributed by atoms with Crippen molar-refractivity contribution in [1.82, 2.24) is 15.0 Å². The predicted octanol–water partition coefficient (Wildman–Crippen LogP) is 4.54. The predicted molar refractivity (Wildman–Crippen MR) is 93.6 cm³/mol. The first-order chi connectivity index (χ1) is 11.2. The molecule has 0 bridgehead atoms. The fraction of sp³-hybridized carbons (Fsp3) is 0.389. The molecule has 0 radical (unpaired) electrons. The Balaban J connectivity index is 1.47. The van der Waals surface area contributed by atoms with Crippen LogP contribution in [-0.4, -0.2) is 21.2 Å². The zero-order valence-corrected chi connectivity index (χ0v) is 14.3. The molecule has 0 saturated heterocycles. The molecule has 4 nitrogen and oxygen atoms in total. The maximum Gasteiger partial charge on any atom is 0.195 e. The summed E-state index contributed by atoms with van der Waals surface area (Å²) in [6.07, 6.45) is 9.78. The highest BCUT2D eigenvalue weighted by Gasteiger charge is 2.09. The van der Waals surface area contributed by atoms with Crippen LogP contribution < -0.4 is 0 Å². The molecule has 0 fully saturated rings. The Morgan fingerprint density at radius 1 is 1.09 bits per heavy atom. The Labute approximate surface area is 140 Å². The molecule has 3 rings (SSSR count). The molecule has 1 atom stereocenters. The largest absolute Gasteiger partial charge is 0.441 e. The van der Waals surface area contributed by atoms with Crippen molar-refractivity contribution < 1.29 is 4.42 Å². The Bertz CT molecular complexity index is 721. The molecular formula is C18H21N3OS. The zero-order chi connectivity index (χ0) is 16.1. The van der Waals surface area contributed by atoms with Crippen molar-refractivity contribution in [2.45, 2.75) is 37.5 Å². The molecule has 0 N–H and O–H groups in total. The van der Waals surface area contributed by atoms with Crippen molar-refractivity contribution >= 4 is 22.9 Å². The highest BCUT2D eigenvalue weighted by Crippen LogP contribution is 2.19. The van der Waals surface area contributed by atoms with E-state index in [1.54, 1.807) is 11.8 Å². The van der Waals surface area contributed by atoms with Crippen LogP contribution in [0.1, 0.15) is 31.5 Å². The molecule has 0 unspecified atom stereocenters. The summed E-state index contributed by atoms with van der Waals surface area (Å²) >= 11 is 1.67. The second kappa shape index (κ2) is 7.59. The molecule has 23 heavy (non-hydrogen) atoms. The third-order valence-electron chi connectivity index (χ3n) is 3.97. The lowest BCUT2D eigenvalue weighted by atomic mass is 9.99. The van der Waals surface area contributed by atoms with Crippen LogP contribution >= 0.6 is 11.8 Å². The minimum atomic E-state index is 0.592. The van der Waals surface area contributed by atoms with E-state index in [1.165, 1.54) is 0 Å². The van der Waals surface area contributed by atoms with Gasteiger partial charge in [0, 0.05) is 30.1 Å². The normalized spacial score (nSPS) is 12.6. The molecule has 0 aliphatic heterocycles. The van der Waals surface area contributed by atoms with Gasteiger partial charge in [0.2, 0.25) is 0 Å². The summed E-state index contributed by atoms with van der Waals surface area (Å²) in [6, 6.07) is 7.91. The smallest absolute Gasteiger partial charge is 0.195 e. The van der Waals surface area contributed by atoms with Crippen LogP contribution in [0.4, 0.5) is 0 Å². The van der Waals surface area contributed by atoms with Crippen molar-refractivity contribution in [3.8, 4) is 0 Å². The highest BCUT2D eigenvalue weighted by molar-refractivity contribution is 7.98. The van der Waals surface area contributed by atoms with Crippen molar-refractivity contribution in [1.29, 1.82) is 0 Å². The monoisotopic (exact) mass is 327 g/mol. The number of para-hydroxylation sites is 2. The van der Waals surface area contributed by atoms with Crippen molar-refractivity contribution in [3.05, 3.63) is 48.4 Å². The third kappa shape index (κ3) is 4.32. The standard InChI is InChI=1S/C18H21N3OS/c1-13(7-9-17-19-11-14(23-2)12-20-17)8-10-18-21-15-5-3-4-6-16(15)22-18/h3-6,11-13H,7-10H2,1-2H3/t13-/m0/s1. The summed E-state index contributed by atoms with van der Waals surface area (Å²) < 4.78 is 5.77. The third-order valence-corrected chi connectivity index (χ3v) is 4.65. The van der Waals surface area contributed by atoms with Crippen LogP contribution in [0.2, 0.25) is 0 Å². The number of oxazole rings is 1. The van der Waals surface area contributed by atoms with Crippen LogP contribution in [0.15, 0.2) is 46.0 Å². The molecule has 0 spiro atoms. The molecular weight excluding hydrogens is 306 g/mol. The molecule has 120 valence electrons. The number of aryl methyl sites for hydroxylation is 2. The van der Waals surface area contributed by atoms with Gasteiger partial charge in [0.1, 0.15) is 11.3 Å². The number of aromatic nitrogens is 3. The average molecular weight is 327 g/mol. The summed E-state index contributed by atoms with van der Waals surface area (Å²) in [4.78, 5) is 14.4. The number of thioether (sulfide) groups is 1. The van der Waals surface area contributed by atoms with Gasteiger partial charge in [0.05, 0.1) is 0 Å². The van der Waals surface area contributed by atoms with E-state index in [1.807, 2.05) is 42.9 Å². The minimum absolute atomic E-state index is 0.592. The highest BCUT2D eigenvalue weighted by atomic mass is 32.2. The molecule has 3 aromatic rings. The molecule has 0 amide bonds. The summed E-state index contributed by atoms with van der Waals surface area (Å²) in [5, 5.41) is 0. The van der Waals surface area contributed by atoms with Gasteiger partial charge < -0.3 is 4.42 Å². The second-order valence-corrected chi connectivity index (χ2v) is 6.68. The Morgan fingerprint density at radius 2 is 1.83 bits per heavy atom. The fourth-order valence-corrected chi connectivity index (χ4v) is 2.81. The van der Waals surface area contributed by atoms with Gasteiger partial charge in [-0.1, -0.05) is 19.1 Å². The Hall–Kier alpha value is -1.88. The SMILES string of the molecule is CSc1cnc(CC[C@H](C)CCc2nc3ccccc3o2)nc1. The maximum absolute atomic E-state index is 5.77. The summed E-state index contributed by atoms with van der Waals surface area (Å²) in [5.74, 6) is 2.35. The van der Waals surface area contributed by atoms with E-state index in [0.29, 0.717) is 5.92 Å². The zero-order valence-electron chi connectivity index (χ0n) is 13.5. The molecule has 2 heterocycles. The molecule has 5 heteroatoms. The number of fused-ring (bicyclic) bond motifs is 1. The molecule has 2 aromatic heterocycles. The Kier molecular flexibility index (Phi) is 5.28. The molecule has 0 saturated carbocycles. The summed E-state index contributed by atoms with van der Waals surface area (Å²) in [6.45, 7) is 2.26. The minimum Gasteiger partial charge on any atom is -0.441 e. The van der Waals surface area contributed by atoms with Crippen LogP contribution in [0.25, 0.3) is 11.1 Å². The van der Waals surface area contributed by atoms with E-state index >= 15 is 0 Å². The van der Waals surface area contributed by atoms with Gasteiger partial charge in [-0.15, -0.1) is 11.8 Å². The van der Waals surface area contributed by atoms with E-state index in [0.717, 1.165) is 53.4 Å². The van der Waals surface area contributed by atoms with E-state index in [9.17, 15) is 0 Å². The van der Waals surface area contributed by atoms with E-state index in [-0.39, 0.29) is 0 Å². The topological polar surface area (TPSA) is 51.8 Å². The van der Waals surface area contributed by atoms with Crippen LogP contribution in [-0.2, 0) is 12.8 Å². The molecule has 0 aliphatic rings. The van der Waals surface area contributed by atoms with E-state index in [4.69, 9.17) is 4.42 Å². The first-order valence-corrected chi connectivity index (χ1v) is 9.16. The summed E-state index contributed by atoms with van der Waals surface area (Å²) in [7, 11) is 0. The lowest BCUT2D eigenvalue weighted by molar-refractivity contribution is 0.444. The lowest BCUT2D eigenvalue weighted by Gasteiger charge is -2.09. The number of benzene rings is 1. The van der Waals surface area contributed by atoms with Crippen LogP contribution in [0, 0.1) is 5.92 Å². The van der Waals surface area contributed by atoms with Crippen LogP contribution in [0.3, 0.4) is 0 Å². The van der Waals surface area contributed by atoms with Crippen molar-refractivity contribution in [3.63, 3.8) is 0 Å². The van der Waals surface area contributed by atoms with Gasteiger partial charge >= 0.3 is 0 Å². The average Bonchev–Trinajstić information content (AvgIpc) is 3.01. The number of rotatable bonds is 7. The first kappa shape index (κ1) is 16.0. The number of hydrogen-bond donors (Lipinski definition) is 0. The van der Waals surface area contributed by atoms with Gasteiger partial charge in [0.15, 0.2) is 11.5 Å². The van der Waals surface area contributed by atoms with E-state index in [2.05, 4.69) is 21.9 Å². The quantitative estimate of drug-likeness (QED) is 0.596. The maximum atomic E-state index is 5.77. The number of nitrogens with zero attached hydrogens (tertiary/aromatic N) is 3. The first-order valence-electron chi connectivity index (χ1n) is 7.94. The number of hydrogen-bond acceptors (Lipinski definition) is 5. The Morgan fingerprint density at radius 3 is 2.57 bits per heavy atom.